The van der Waals surface area contributed by atoms with Gasteiger partial charge >= 0.3 is 0 Å². The van der Waals surface area contributed by atoms with Crippen LogP contribution in [0.4, 0.5) is 5.69 Å². The summed E-state index contributed by atoms with van der Waals surface area (Å²) in [6.07, 6.45) is 1.60. The van der Waals surface area contributed by atoms with Crippen LogP contribution in [0.15, 0.2) is 58.9 Å². The maximum atomic E-state index is 13.3. The summed E-state index contributed by atoms with van der Waals surface area (Å²) >= 11 is 1.46. The quantitative estimate of drug-likeness (QED) is 0.508. The molecule has 0 saturated heterocycles. The zero-order valence-corrected chi connectivity index (χ0v) is 17.4. The second-order valence-electron chi connectivity index (χ2n) is 6.83. The highest BCUT2D eigenvalue weighted by molar-refractivity contribution is 7.92. The van der Waals surface area contributed by atoms with E-state index in [2.05, 4.69) is 14.8 Å². The number of benzene rings is 1. The Kier molecular flexibility index (Phi) is 4.68. The molecule has 1 aromatic carbocycles. The zero-order valence-electron chi connectivity index (χ0n) is 15.7. The van der Waals surface area contributed by atoms with Gasteiger partial charge < -0.3 is 0 Å². The highest BCUT2D eigenvalue weighted by Gasteiger charge is 2.25. The largest absolute Gasteiger partial charge is 0.279 e. The summed E-state index contributed by atoms with van der Waals surface area (Å²) in [7, 11) is -3.85. The van der Waals surface area contributed by atoms with Crippen molar-refractivity contribution in [2.75, 3.05) is 4.72 Å². The van der Waals surface area contributed by atoms with Gasteiger partial charge in [-0.05, 0) is 44.4 Å². The summed E-state index contributed by atoms with van der Waals surface area (Å²) in [5, 5.41) is 7.20. The van der Waals surface area contributed by atoms with Crippen LogP contribution in [0.2, 0.25) is 0 Å². The Bertz CT molecular complexity index is 1240. The van der Waals surface area contributed by atoms with Gasteiger partial charge in [0.2, 0.25) is 0 Å². The molecular weight excluding hydrogens is 392 g/mol. The molecule has 4 aromatic rings. The molecule has 8 heteroatoms. The predicted molar refractivity (Wildman–Crippen MR) is 113 cm³/mol. The van der Waals surface area contributed by atoms with Gasteiger partial charge in [-0.3, -0.25) is 14.4 Å². The first-order chi connectivity index (χ1) is 13.3. The molecule has 4 rings (SSSR count). The Labute approximate surface area is 167 Å². The summed E-state index contributed by atoms with van der Waals surface area (Å²) < 4.78 is 31.1. The molecule has 6 nitrogen and oxygen atoms in total. The summed E-state index contributed by atoms with van der Waals surface area (Å²) in [5.74, 6) is 0. The Morgan fingerprint density at radius 2 is 1.93 bits per heavy atom. The number of pyridine rings is 1. The van der Waals surface area contributed by atoms with Crippen molar-refractivity contribution in [2.24, 2.45) is 0 Å². The third kappa shape index (κ3) is 3.41. The topological polar surface area (TPSA) is 76.9 Å². The molecule has 0 amide bonds. The molecule has 3 heterocycles. The molecule has 3 aromatic heterocycles. The molecule has 0 aliphatic heterocycles. The molecule has 0 aliphatic rings. The van der Waals surface area contributed by atoms with Crippen LogP contribution < -0.4 is 4.72 Å². The van der Waals surface area contributed by atoms with Crippen molar-refractivity contribution in [1.82, 2.24) is 14.8 Å². The third-order valence-corrected chi connectivity index (χ3v) is 6.60. The van der Waals surface area contributed by atoms with Crippen molar-refractivity contribution in [2.45, 2.75) is 31.7 Å². The number of rotatable bonds is 5. The van der Waals surface area contributed by atoms with Crippen molar-refractivity contribution >= 4 is 38.0 Å². The van der Waals surface area contributed by atoms with Gasteiger partial charge in [-0.1, -0.05) is 24.3 Å². The molecular formula is C20H20N4O2S2. The second kappa shape index (κ2) is 7.03. The monoisotopic (exact) mass is 412 g/mol. The SMILES string of the molecule is Cc1cc(NS(=O)(=O)c2cn(C(C)C)nc2-c2cccs2)c2ccccc2n1. The fourth-order valence-corrected chi connectivity index (χ4v) is 5.02. The maximum Gasteiger partial charge on any atom is 0.265 e. The van der Waals surface area contributed by atoms with E-state index >= 15 is 0 Å². The minimum Gasteiger partial charge on any atom is -0.279 e. The first kappa shape index (κ1) is 18.6. The van der Waals surface area contributed by atoms with Gasteiger partial charge in [0.15, 0.2) is 0 Å². The van der Waals surface area contributed by atoms with Crippen LogP contribution in [0.3, 0.4) is 0 Å². The molecule has 0 radical (unpaired) electrons. The summed E-state index contributed by atoms with van der Waals surface area (Å²) in [6.45, 7) is 5.78. The Balaban J connectivity index is 1.84. The third-order valence-electron chi connectivity index (χ3n) is 4.36. The zero-order chi connectivity index (χ0) is 19.9. The maximum absolute atomic E-state index is 13.3. The Hall–Kier alpha value is -2.71. The lowest BCUT2D eigenvalue weighted by Gasteiger charge is -2.11. The van der Waals surface area contributed by atoms with E-state index in [0.29, 0.717) is 11.4 Å². The summed E-state index contributed by atoms with van der Waals surface area (Å²) in [5.41, 5.74) is 2.47. The van der Waals surface area contributed by atoms with Gasteiger partial charge in [-0.25, -0.2) is 8.42 Å². The highest BCUT2D eigenvalue weighted by atomic mass is 32.2. The van der Waals surface area contributed by atoms with Crippen LogP contribution >= 0.6 is 11.3 Å². The molecule has 0 fully saturated rings. The second-order valence-corrected chi connectivity index (χ2v) is 9.43. The number of hydrogen-bond donors (Lipinski definition) is 1. The van der Waals surface area contributed by atoms with Gasteiger partial charge in [-0.2, -0.15) is 5.10 Å². The van der Waals surface area contributed by atoms with Gasteiger partial charge in [0.05, 0.1) is 16.1 Å². The fraction of sp³-hybridized carbons (Fsp3) is 0.200. The number of nitrogens with one attached hydrogen (secondary N) is 1. The number of anilines is 1. The summed E-state index contributed by atoms with van der Waals surface area (Å²) in [6, 6.07) is 13.0. The Morgan fingerprint density at radius 1 is 1.14 bits per heavy atom. The number of hydrogen-bond acceptors (Lipinski definition) is 5. The van der Waals surface area contributed by atoms with E-state index in [-0.39, 0.29) is 10.9 Å². The molecule has 0 bridgehead atoms. The van der Waals surface area contributed by atoms with Crippen LogP contribution in [-0.2, 0) is 10.0 Å². The molecule has 0 atom stereocenters. The van der Waals surface area contributed by atoms with Gasteiger partial charge in [0.25, 0.3) is 10.0 Å². The van der Waals surface area contributed by atoms with Crippen LogP contribution in [-0.4, -0.2) is 23.2 Å². The number of thiophene rings is 1. The van der Waals surface area contributed by atoms with Gasteiger partial charge in [0.1, 0.15) is 10.6 Å². The van der Waals surface area contributed by atoms with Crippen molar-refractivity contribution in [3.8, 4) is 10.6 Å². The molecule has 1 N–H and O–H groups in total. The number of para-hydroxylation sites is 1. The van der Waals surface area contributed by atoms with Crippen molar-refractivity contribution in [1.29, 1.82) is 0 Å². The van der Waals surface area contributed by atoms with E-state index in [1.807, 2.05) is 62.5 Å². The standard InChI is InChI=1S/C20H20N4O2S2/c1-13(2)24-12-19(20(22-24)18-9-6-10-27-18)28(25,26)23-17-11-14(3)21-16-8-5-4-7-15(16)17/h4-13H,1-3H3,(H,21,23). The molecule has 28 heavy (non-hydrogen) atoms. The first-order valence-electron chi connectivity index (χ1n) is 8.87. The van der Waals surface area contributed by atoms with Crippen LogP contribution in [0.1, 0.15) is 25.6 Å². The van der Waals surface area contributed by atoms with Crippen LogP contribution in [0.25, 0.3) is 21.5 Å². The normalized spacial score (nSPS) is 12.0. The number of aromatic nitrogens is 3. The average Bonchev–Trinajstić information content (AvgIpc) is 3.31. The van der Waals surface area contributed by atoms with Crippen molar-refractivity contribution < 1.29 is 8.42 Å². The lowest BCUT2D eigenvalue weighted by atomic mass is 10.2. The van der Waals surface area contributed by atoms with E-state index in [1.54, 1.807) is 16.9 Å². The number of sulfonamides is 1. The first-order valence-corrected chi connectivity index (χ1v) is 11.2. The van der Waals surface area contributed by atoms with Crippen LogP contribution in [0, 0.1) is 6.92 Å². The smallest absolute Gasteiger partial charge is 0.265 e. The molecule has 0 saturated carbocycles. The average molecular weight is 413 g/mol. The van der Waals surface area contributed by atoms with Crippen molar-refractivity contribution in [3.05, 3.63) is 59.7 Å². The summed E-state index contributed by atoms with van der Waals surface area (Å²) in [4.78, 5) is 5.46. The van der Waals surface area contributed by atoms with E-state index in [4.69, 9.17) is 0 Å². The number of fused-ring (bicyclic) bond motifs is 1. The van der Waals surface area contributed by atoms with E-state index in [9.17, 15) is 8.42 Å². The molecule has 0 spiro atoms. The van der Waals surface area contributed by atoms with E-state index < -0.39 is 10.0 Å². The lowest BCUT2D eigenvalue weighted by Crippen LogP contribution is -2.14. The van der Waals surface area contributed by atoms with E-state index in [1.165, 1.54) is 11.3 Å². The minimum absolute atomic E-state index is 0.0478. The lowest BCUT2D eigenvalue weighted by molar-refractivity contribution is 0.532. The molecule has 0 unspecified atom stereocenters. The van der Waals surface area contributed by atoms with Gasteiger partial charge in [0, 0.05) is 23.3 Å². The molecule has 0 aliphatic carbocycles. The predicted octanol–water partition coefficient (Wildman–Crippen LogP) is 4.85. The number of nitrogens with zero attached hydrogens (tertiary/aromatic N) is 3. The van der Waals surface area contributed by atoms with Gasteiger partial charge in [-0.15, -0.1) is 11.3 Å². The van der Waals surface area contributed by atoms with E-state index in [0.717, 1.165) is 21.5 Å². The Morgan fingerprint density at radius 3 is 2.64 bits per heavy atom. The van der Waals surface area contributed by atoms with Crippen molar-refractivity contribution in [3.63, 3.8) is 0 Å². The van der Waals surface area contributed by atoms with Crippen LogP contribution in [0.5, 0.6) is 0 Å². The molecule has 144 valence electrons. The minimum atomic E-state index is -3.85. The number of aryl methyl sites for hydroxylation is 1. The highest BCUT2D eigenvalue weighted by Crippen LogP contribution is 2.33. The fourth-order valence-electron chi connectivity index (χ4n) is 3.01.